The first kappa shape index (κ1) is 17.0. The molecule has 0 radical (unpaired) electrons. The van der Waals surface area contributed by atoms with Gasteiger partial charge in [-0.15, -0.1) is 0 Å². The van der Waals surface area contributed by atoms with Crippen molar-refractivity contribution < 1.29 is 14.1 Å². The molecule has 2 rings (SSSR count). The van der Waals surface area contributed by atoms with Gasteiger partial charge in [-0.2, -0.15) is 4.98 Å². The molecule has 1 heterocycles. The first-order chi connectivity index (χ1) is 10.7. The lowest BCUT2D eigenvalue weighted by Crippen LogP contribution is -2.38. The number of carbonyl (C=O) groups excluding carboxylic acids is 1. The Kier molecular flexibility index (Phi) is 5.03. The van der Waals surface area contributed by atoms with E-state index in [4.69, 9.17) is 9.26 Å². The van der Waals surface area contributed by atoms with Crippen molar-refractivity contribution in [2.24, 2.45) is 0 Å². The monoisotopic (exact) mass is 317 g/mol. The van der Waals surface area contributed by atoms with Gasteiger partial charge in [-0.25, -0.2) is 4.79 Å². The number of aryl methyl sites for hydroxylation is 1. The molecule has 0 aliphatic carbocycles. The molecule has 0 unspecified atom stereocenters. The number of rotatable bonds is 4. The van der Waals surface area contributed by atoms with E-state index >= 15 is 0 Å². The number of nitrogens with one attached hydrogen (secondary N) is 1. The summed E-state index contributed by atoms with van der Waals surface area (Å²) in [5.41, 5.74) is 1.55. The summed E-state index contributed by atoms with van der Waals surface area (Å²) in [4.78, 5) is 16.1. The molecule has 2 aromatic rings. The van der Waals surface area contributed by atoms with Gasteiger partial charge < -0.3 is 14.6 Å². The third-order valence-corrected chi connectivity index (χ3v) is 3.02. The minimum Gasteiger partial charge on any atom is -0.444 e. The predicted octanol–water partition coefficient (Wildman–Crippen LogP) is 3.50. The second kappa shape index (κ2) is 6.81. The molecular weight excluding hydrogens is 294 g/mol. The Bertz CT molecular complexity index is 656. The zero-order chi connectivity index (χ0) is 17.0. The quantitative estimate of drug-likeness (QED) is 0.934. The SMILES string of the molecule is Cc1ccc(-c2noc(C[C@H](C)NC(=O)OC(C)(C)C)n2)cc1. The molecule has 0 bridgehead atoms. The summed E-state index contributed by atoms with van der Waals surface area (Å²) < 4.78 is 10.5. The van der Waals surface area contributed by atoms with Gasteiger partial charge in [0.25, 0.3) is 0 Å². The highest BCUT2D eigenvalue weighted by Gasteiger charge is 2.19. The highest BCUT2D eigenvalue weighted by Crippen LogP contribution is 2.17. The van der Waals surface area contributed by atoms with Crippen LogP contribution in [0.2, 0.25) is 0 Å². The van der Waals surface area contributed by atoms with Crippen molar-refractivity contribution in [3.63, 3.8) is 0 Å². The van der Waals surface area contributed by atoms with Gasteiger partial charge in [0.15, 0.2) is 0 Å². The van der Waals surface area contributed by atoms with Gasteiger partial charge in [0.05, 0.1) is 0 Å². The van der Waals surface area contributed by atoms with Crippen molar-refractivity contribution in [3.8, 4) is 11.4 Å². The Morgan fingerprint density at radius 3 is 2.57 bits per heavy atom. The van der Waals surface area contributed by atoms with Crippen LogP contribution in [-0.4, -0.2) is 27.9 Å². The van der Waals surface area contributed by atoms with Crippen molar-refractivity contribution in [2.75, 3.05) is 0 Å². The summed E-state index contributed by atoms with van der Waals surface area (Å²) in [5, 5.41) is 6.73. The zero-order valence-electron chi connectivity index (χ0n) is 14.2. The van der Waals surface area contributed by atoms with E-state index in [2.05, 4.69) is 15.5 Å². The van der Waals surface area contributed by atoms with Crippen LogP contribution in [-0.2, 0) is 11.2 Å². The van der Waals surface area contributed by atoms with Crippen LogP contribution >= 0.6 is 0 Å². The first-order valence-electron chi connectivity index (χ1n) is 7.62. The molecule has 1 amide bonds. The van der Waals surface area contributed by atoms with E-state index in [0.717, 1.165) is 5.56 Å². The van der Waals surface area contributed by atoms with Crippen molar-refractivity contribution >= 4 is 6.09 Å². The largest absolute Gasteiger partial charge is 0.444 e. The average molecular weight is 317 g/mol. The van der Waals surface area contributed by atoms with Crippen LogP contribution in [0.1, 0.15) is 39.1 Å². The van der Waals surface area contributed by atoms with Crippen molar-refractivity contribution in [1.82, 2.24) is 15.5 Å². The van der Waals surface area contributed by atoms with Gasteiger partial charge >= 0.3 is 6.09 Å². The number of ether oxygens (including phenoxy) is 1. The molecule has 1 aromatic heterocycles. The molecule has 0 saturated heterocycles. The topological polar surface area (TPSA) is 77.2 Å². The molecule has 0 aliphatic heterocycles. The van der Waals surface area contributed by atoms with E-state index < -0.39 is 11.7 Å². The lowest BCUT2D eigenvalue weighted by molar-refractivity contribution is 0.0507. The molecule has 0 aliphatic rings. The van der Waals surface area contributed by atoms with Gasteiger partial charge in [0.2, 0.25) is 11.7 Å². The maximum Gasteiger partial charge on any atom is 0.407 e. The van der Waals surface area contributed by atoms with Crippen molar-refractivity contribution in [1.29, 1.82) is 0 Å². The van der Waals surface area contributed by atoms with E-state index in [1.54, 1.807) is 0 Å². The number of aromatic nitrogens is 2. The van der Waals surface area contributed by atoms with E-state index in [1.165, 1.54) is 5.56 Å². The van der Waals surface area contributed by atoms with Crippen LogP contribution in [0.5, 0.6) is 0 Å². The molecule has 1 atom stereocenters. The Labute approximate surface area is 136 Å². The van der Waals surface area contributed by atoms with Crippen LogP contribution < -0.4 is 5.32 Å². The lowest BCUT2D eigenvalue weighted by Gasteiger charge is -2.21. The number of nitrogens with zero attached hydrogens (tertiary/aromatic N) is 2. The minimum atomic E-state index is -0.521. The van der Waals surface area contributed by atoms with Crippen LogP contribution in [0.3, 0.4) is 0 Å². The average Bonchev–Trinajstić information content (AvgIpc) is 2.85. The van der Waals surface area contributed by atoms with Gasteiger partial charge in [0.1, 0.15) is 5.60 Å². The lowest BCUT2D eigenvalue weighted by atomic mass is 10.1. The molecular formula is C17H23N3O3. The smallest absolute Gasteiger partial charge is 0.407 e. The molecule has 23 heavy (non-hydrogen) atoms. The fraction of sp³-hybridized carbons (Fsp3) is 0.471. The predicted molar refractivity (Wildman–Crippen MR) is 87.0 cm³/mol. The first-order valence-corrected chi connectivity index (χ1v) is 7.62. The summed E-state index contributed by atoms with van der Waals surface area (Å²) >= 11 is 0. The standard InChI is InChI=1S/C17H23N3O3/c1-11-6-8-13(9-7-11)15-19-14(23-20-15)10-12(2)18-16(21)22-17(3,4)5/h6-9,12H,10H2,1-5H3,(H,18,21)/t12-/m0/s1. The van der Waals surface area contributed by atoms with Crippen LogP contribution in [0.25, 0.3) is 11.4 Å². The summed E-state index contributed by atoms with van der Waals surface area (Å²) in [6, 6.07) is 7.73. The molecule has 0 saturated carbocycles. The van der Waals surface area contributed by atoms with E-state index in [0.29, 0.717) is 18.1 Å². The van der Waals surface area contributed by atoms with Crippen LogP contribution in [0.4, 0.5) is 4.79 Å². The molecule has 1 aromatic carbocycles. The van der Waals surface area contributed by atoms with Gasteiger partial charge in [-0.1, -0.05) is 35.0 Å². The summed E-state index contributed by atoms with van der Waals surface area (Å²) in [6.45, 7) is 9.35. The number of hydrogen-bond acceptors (Lipinski definition) is 5. The number of hydrogen-bond donors (Lipinski definition) is 1. The fourth-order valence-corrected chi connectivity index (χ4v) is 1.98. The van der Waals surface area contributed by atoms with E-state index in [1.807, 2.05) is 58.9 Å². The highest BCUT2D eigenvalue weighted by molar-refractivity contribution is 5.68. The Morgan fingerprint density at radius 2 is 1.96 bits per heavy atom. The fourth-order valence-electron chi connectivity index (χ4n) is 1.98. The van der Waals surface area contributed by atoms with Gasteiger partial charge in [-0.05, 0) is 34.6 Å². The molecule has 6 heteroatoms. The number of amides is 1. The third-order valence-electron chi connectivity index (χ3n) is 3.02. The van der Waals surface area contributed by atoms with Crippen LogP contribution in [0.15, 0.2) is 28.8 Å². The third kappa shape index (κ3) is 5.39. The van der Waals surface area contributed by atoms with Crippen molar-refractivity contribution in [3.05, 3.63) is 35.7 Å². The Morgan fingerprint density at radius 1 is 1.30 bits per heavy atom. The van der Waals surface area contributed by atoms with Gasteiger partial charge in [-0.3, -0.25) is 0 Å². The van der Waals surface area contributed by atoms with Crippen LogP contribution in [0, 0.1) is 6.92 Å². The van der Waals surface area contributed by atoms with Crippen molar-refractivity contribution in [2.45, 2.75) is 52.7 Å². The number of carbonyl (C=O) groups is 1. The maximum absolute atomic E-state index is 11.7. The second-order valence-corrected chi connectivity index (χ2v) is 6.63. The summed E-state index contributed by atoms with van der Waals surface area (Å²) in [7, 11) is 0. The van der Waals surface area contributed by atoms with E-state index in [9.17, 15) is 4.79 Å². The summed E-state index contributed by atoms with van der Waals surface area (Å²) in [5.74, 6) is 1.02. The molecule has 1 N–H and O–H groups in total. The second-order valence-electron chi connectivity index (χ2n) is 6.63. The molecule has 0 fully saturated rings. The number of alkyl carbamates (subject to hydrolysis) is 1. The van der Waals surface area contributed by atoms with E-state index in [-0.39, 0.29) is 6.04 Å². The normalized spacial score (nSPS) is 12.7. The molecule has 124 valence electrons. The Hall–Kier alpha value is -2.37. The minimum absolute atomic E-state index is 0.170. The highest BCUT2D eigenvalue weighted by atomic mass is 16.6. The summed E-state index contributed by atoms with van der Waals surface area (Å²) in [6.07, 6.45) is -0.0127. The zero-order valence-corrected chi connectivity index (χ0v) is 14.2. The Balaban J connectivity index is 1.93. The maximum atomic E-state index is 11.7. The molecule has 6 nitrogen and oxygen atoms in total. The van der Waals surface area contributed by atoms with Gasteiger partial charge in [0, 0.05) is 18.0 Å². The number of benzene rings is 1. The molecule has 0 spiro atoms.